The first-order valence-electron chi connectivity index (χ1n) is 8.32. The van der Waals surface area contributed by atoms with Gasteiger partial charge in [0, 0.05) is 12.2 Å². The Kier molecular flexibility index (Phi) is 5.91. The SMILES string of the molecule is Cc1cccc(NCCCc2ccc(OC(C)C)c(N)c2)c1C. The molecule has 0 saturated heterocycles. The van der Waals surface area contributed by atoms with Crippen molar-refractivity contribution >= 4 is 11.4 Å². The summed E-state index contributed by atoms with van der Waals surface area (Å²) < 4.78 is 5.67. The molecule has 0 atom stereocenters. The van der Waals surface area contributed by atoms with Gasteiger partial charge in [-0.05, 0) is 75.4 Å². The topological polar surface area (TPSA) is 47.3 Å². The van der Waals surface area contributed by atoms with Crippen molar-refractivity contribution in [3.8, 4) is 5.75 Å². The number of nitrogen functional groups attached to an aromatic ring is 1. The molecule has 2 rings (SSSR count). The highest BCUT2D eigenvalue weighted by atomic mass is 16.5. The fourth-order valence-electron chi connectivity index (χ4n) is 2.57. The van der Waals surface area contributed by atoms with Crippen LogP contribution in [-0.2, 0) is 6.42 Å². The van der Waals surface area contributed by atoms with Crippen molar-refractivity contribution < 1.29 is 4.74 Å². The van der Waals surface area contributed by atoms with Crippen LogP contribution in [-0.4, -0.2) is 12.6 Å². The molecule has 0 unspecified atom stereocenters. The molecule has 0 aromatic heterocycles. The lowest BCUT2D eigenvalue weighted by Gasteiger charge is -2.14. The maximum atomic E-state index is 6.06. The molecule has 3 N–H and O–H groups in total. The maximum Gasteiger partial charge on any atom is 0.142 e. The number of hydrogen-bond acceptors (Lipinski definition) is 3. The average Bonchev–Trinajstić information content (AvgIpc) is 2.50. The molecule has 2 aromatic rings. The lowest BCUT2D eigenvalue weighted by Crippen LogP contribution is -2.08. The Balaban J connectivity index is 1.84. The van der Waals surface area contributed by atoms with E-state index in [0.717, 1.165) is 30.8 Å². The number of aryl methyl sites for hydroxylation is 2. The molecule has 23 heavy (non-hydrogen) atoms. The molecule has 0 spiro atoms. The van der Waals surface area contributed by atoms with Crippen molar-refractivity contribution in [1.82, 2.24) is 0 Å². The van der Waals surface area contributed by atoms with E-state index in [-0.39, 0.29) is 6.10 Å². The highest BCUT2D eigenvalue weighted by Gasteiger charge is 2.04. The number of nitrogens with one attached hydrogen (secondary N) is 1. The van der Waals surface area contributed by atoms with Gasteiger partial charge in [0.25, 0.3) is 0 Å². The number of rotatable bonds is 7. The second-order valence-corrected chi connectivity index (χ2v) is 6.32. The zero-order valence-corrected chi connectivity index (χ0v) is 14.6. The van der Waals surface area contributed by atoms with Gasteiger partial charge in [-0.3, -0.25) is 0 Å². The molecule has 0 amide bonds. The van der Waals surface area contributed by atoms with Crippen LogP contribution in [0.25, 0.3) is 0 Å². The van der Waals surface area contributed by atoms with E-state index in [2.05, 4.69) is 43.4 Å². The van der Waals surface area contributed by atoms with Crippen molar-refractivity contribution in [2.45, 2.75) is 46.6 Å². The molecule has 124 valence electrons. The second kappa shape index (κ2) is 7.91. The first-order valence-corrected chi connectivity index (χ1v) is 8.32. The van der Waals surface area contributed by atoms with Gasteiger partial charge in [0.1, 0.15) is 5.75 Å². The molecule has 3 heteroatoms. The number of benzene rings is 2. The summed E-state index contributed by atoms with van der Waals surface area (Å²) >= 11 is 0. The number of anilines is 2. The first kappa shape index (κ1) is 17.2. The lowest BCUT2D eigenvalue weighted by atomic mass is 10.1. The van der Waals surface area contributed by atoms with Gasteiger partial charge in [0.05, 0.1) is 11.8 Å². The Labute approximate surface area is 139 Å². The van der Waals surface area contributed by atoms with E-state index in [1.807, 2.05) is 26.0 Å². The Morgan fingerprint density at radius 1 is 1.13 bits per heavy atom. The maximum absolute atomic E-state index is 6.06. The number of hydrogen-bond donors (Lipinski definition) is 2. The van der Waals surface area contributed by atoms with Gasteiger partial charge in [-0.1, -0.05) is 18.2 Å². The van der Waals surface area contributed by atoms with Gasteiger partial charge in [-0.2, -0.15) is 0 Å². The van der Waals surface area contributed by atoms with Crippen LogP contribution < -0.4 is 15.8 Å². The van der Waals surface area contributed by atoms with Crippen LogP contribution in [0.1, 0.15) is 37.0 Å². The van der Waals surface area contributed by atoms with Crippen LogP contribution in [0, 0.1) is 13.8 Å². The summed E-state index contributed by atoms with van der Waals surface area (Å²) in [4.78, 5) is 0. The minimum absolute atomic E-state index is 0.143. The largest absolute Gasteiger partial charge is 0.489 e. The summed E-state index contributed by atoms with van der Waals surface area (Å²) in [7, 11) is 0. The van der Waals surface area contributed by atoms with E-state index in [9.17, 15) is 0 Å². The third-order valence-corrected chi connectivity index (χ3v) is 4.00. The fourth-order valence-corrected chi connectivity index (χ4v) is 2.57. The summed E-state index contributed by atoms with van der Waals surface area (Å²) in [6.07, 6.45) is 2.21. The van der Waals surface area contributed by atoms with Crippen molar-refractivity contribution in [3.63, 3.8) is 0 Å². The zero-order chi connectivity index (χ0) is 16.8. The van der Waals surface area contributed by atoms with E-state index in [1.54, 1.807) is 0 Å². The van der Waals surface area contributed by atoms with Gasteiger partial charge in [-0.15, -0.1) is 0 Å². The van der Waals surface area contributed by atoms with Crippen LogP contribution in [0.3, 0.4) is 0 Å². The van der Waals surface area contributed by atoms with Crippen LogP contribution in [0.2, 0.25) is 0 Å². The predicted octanol–water partition coefficient (Wildman–Crippen LogP) is 4.72. The molecule has 0 bridgehead atoms. The molecule has 0 aliphatic heterocycles. The Morgan fingerprint density at radius 2 is 1.91 bits per heavy atom. The molecule has 0 aliphatic rings. The van der Waals surface area contributed by atoms with Crippen molar-refractivity contribution in [3.05, 3.63) is 53.1 Å². The van der Waals surface area contributed by atoms with E-state index in [0.29, 0.717) is 0 Å². The first-order chi connectivity index (χ1) is 11.0. The molecule has 0 radical (unpaired) electrons. The van der Waals surface area contributed by atoms with Gasteiger partial charge in [0.15, 0.2) is 0 Å². The van der Waals surface area contributed by atoms with Crippen molar-refractivity contribution in [1.29, 1.82) is 0 Å². The molecule has 0 saturated carbocycles. The predicted molar refractivity (Wildman–Crippen MR) is 99.3 cm³/mol. The van der Waals surface area contributed by atoms with Gasteiger partial charge >= 0.3 is 0 Å². The number of nitrogens with two attached hydrogens (primary N) is 1. The van der Waals surface area contributed by atoms with Crippen molar-refractivity contribution in [2.75, 3.05) is 17.6 Å². The smallest absolute Gasteiger partial charge is 0.142 e. The summed E-state index contributed by atoms with van der Waals surface area (Å²) in [6.45, 7) is 9.27. The van der Waals surface area contributed by atoms with E-state index in [1.165, 1.54) is 22.4 Å². The van der Waals surface area contributed by atoms with Crippen LogP contribution in [0.5, 0.6) is 5.75 Å². The minimum Gasteiger partial charge on any atom is -0.489 e. The van der Waals surface area contributed by atoms with E-state index >= 15 is 0 Å². The molecular weight excluding hydrogens is 284 g/mol. The summed E-state index contributed by atoms with van der Waals surface area (Å²) in [6, 6.07) is 12.5. The molecule has 0 heterocycles. The van der Waals surface area contributed by atoms with Gasteiger partial charge in [0.2, 0.25) is 0 Å². The third-order valence-electron chi connectivity index (χ3n) is 4.00. The molecule has 3 nitrogen and oxygen atoms in total. The highest BCUT2D eigenvalue weighted by molar-refractivity contribution is 5.55. The van der Waals surface area contributed by atoms with E-state index in [4.69, 9.17) is 10.5 Å². The minimum atomic E-state index is 0.143. The fraction of sp³-hybridized carbons (Fsp3) is 0.400. The van der Waals surface area contributed by atoms with Gasteiger partial charge in [-0.25, -0.2) is 0 Å². The molecule has 0 aliphatic carbocycles. The zero-order valence-electron chi connectivity index (χ0n) is 14.6. The molecular formula is C20H28N2O. The normalized spacial score (nSPS) is 10.8. The third kappa shape index (κ3) is 4.92. The Morgan fingerprint density at radius 3 is 2.61 bits per heavy atom. The Bertz CT molecular complexity index is 650. The molecule has 2 aromatic carbocycles. The molecule has 0 fully saturated rings. The van der Waals surface area contributed by atoms with Crippen LogP contribution >= 0.6 is 0 Å². The summed E-state index contributed by atoms with van der Waals surface area (Å²) in [5, 5.41) is 3.52. The lowest BCUT2D eigenvalue weighted by molar-refractivity contribution is 0.244. The number of ether oxygens (including phenoxy) is 1. The standard InChI is InChI=1S/C20H28N2O/c1-14(2)23-20-11-10-17(13-18(20)21)8-6-12-22-19-9-5-7-15(3)16(19)4/h5,7,9-11,13-14,22H,6,8,12,21H2,1-4H3. The van der Waals surface area contributed by atoms with Crippen LogP contribution in [0.15, 0.2) is 36.4 Å². The monoisotopic (exact) mass is 312 g/mol. The van der Waals surface area contributed by atoms with Crippen molar-refractivity contribution in [2.24, 2.45) is 0 Å². The quantitative estimate of drug-likeness (QED) is 0.574. The van der Waals surface area contributed by atoms with E-state index < -0.39 is 0 Å². The van der Waals surface area contributed by atoms with Crippen LogP contribution in [0.4, 0.5) is 11.4 Å². The summed E-state index contributed by atoms with van der Waals surface area (Å²) in [5.74, 6) is 0.775. The second-order valence-electron chi connectivity index (χ2n) is 6.32. The highest BCUT2D eigenvalue weighted by Crippen LogP contribution is 2.24. The average molecular weight is 312 g/mol. The summed E-state index contributed by atoms with van der Waals surface area (Å²) in [5.41, 5.74) is 11.9. The Hall–Kier alpha value is -2.16. The van der Waals surface area contributed by atoms with Gasteiger partial charge < -0.3 is 15.8 Å².